The lowest BCUT2D eigenvalue weighted by Crippen LogP contribution is -2.40. The van der Waals surface area contributed by atoms with Gasteiger partial charge in [0.1, 0.15) is 0 Å². The second-order valence-electron chi connectivity index (χ2n) is 8.48. The molecule has 4 heterocycles. The smallest absolute Gasteiger partial charge is 0.254 e. The molecule has 2 fully saturated rings. The van der Waals surface area contributed by atoms with E-state index in [0.29, 0.717) is 11.8 Å². The molecule has 0 saturated carbocycles. The van der Waals surface area contributed by atoms with Gasteiger partial charge in [-0.2, -0.15) is 4.98 Å². The van der Waals surface area contributed by atoms with E-state index in [4.69, 9.17) is 9.26 Å². The Kier molecular flexibility index (Phi) is 5.53. The molecule has 7 nitrogen and oxygen atoms in total. The van der Waals surface area contributed by atoms with Crippen molar-refractivity contribution in [3.8, 4) is 0 Å². The van der Waals surface area contributed by atoms with Crippen molar-refractivity contribution in [2.45, 2.75) is 44.4 Å². The zero-order chi connectivity index (χ0) is 20.3. The van der Waals surface area contributed by atoms with E-state index in [2.05, 4.69) is 15.1 Å². The number of nitrogens with zero attached hydrogens (tertiary/aromatic N) is 3. The third-order valence-corrected chi connectivity index (χ3v) is 6.46. The van der Waals surface area contributed by atoms with Crippen molar-refractivity contribution in [2.75, 3.05) is 26.3 Å². The molecule has 0 bridgehead atoms. The predicted molar refractivity (Wildman–Crippen MR) is 112 cm³/mol. The Labute approximate surface area is 175 Å². The van der Waals surface area contributed by atoms with Crippen LogP contribution in [0.4, 0.5) is 0 Å². The number of ether oxygens (including phenoxy) is 1. The van der Waals surface area contributed by atoms with Crippen LogP contribution in [0.3, 0.4) is 0 Å². The van der Waals surface area contributed by atoms with Gasteiger partial charge >= 0.3 is 0 Å². The van der Waals surface area contributed by atoms with Gasteiger partial charge in [0.25, 0.3) is 5.91 Å². The van der Waals surface area contributed by atoms with Crippen LogP contribution in [0.15, 0.2) is 35.0 Å². The molecular formula is C23H28N4O3. The monoisotopic (exact) mass is 408 g/mol. The number of likely N-dealkylation sites (tertiary alicyclic amines) is 1. The summed E-state index contributed by atoms with van der Waals surface area (Å²) in [7, 11) is 0. The van der Waals surface area contributed by atoms with E-state index in [1.165, 1.54) is 0 Å². The molecule has 1 aromatic carbocycles. The summed E-state index contributed by atoms with van der Waals surface area (Å²) < 4.78 is 10.9. The first-order chi connectivity index (χ1) is 14.8. The zero-order valence-corrected chi connectivity index (χ0v) is 17.2. The van der Waals surface area contributed by atoms with E-state index in [1.807, 2.05) is 35.4 Å². The summed E-state index contributed by atoms with van der Waals surface area (Å²) in [5, 5.41) is 5.19. The molecule has 1 N–H and O–H groups in total. The van der Waals surface area contributed by atoms with Crippen molar-refractivity contribution in [3.63, 3.8) is 0 Å². The van der Waals surface area contributed by atoms with Crippen LogP contribution >= 0.6 is 0 Å². The quantitative estimate of drug-likeness (QED) is 0.691. The van der Waals surface area contributed by atoms with Crippen LogP contribution in [0.5, 0.6) is 0 Å². The number of H-pyrrole nitrogens is 1. The maximum absolute atomic E-state index is 13.2. The number of carbonyl (C=O) groups is 1. The lowest BCUT2D eigenvalue weighted by Gasteiger charge is -2.33. The molecule has 1 atom stereocenters. The van der Waals surface area contributed by atoms with Crippen LogP contribution in [0, 0.1) is 5.92 Å². The molecule has 5 rings (SSSR count). The topological polar surface area (TPSA) is 84.2 Å². The number of carbonyl (C=O) groups excluding carboxylic acids is 1. The van der Waals surface area contributed by atoms with Crippen molar-refractivity contribution in [1.82, 2.24) is 20.0 Å². The second kappa shape index (κ2) is 8.60. The number of rotatable bonds is 5. The summed E-state index contributed by atoms with van der Waals surface area (Å²) in [6.07, 6.45) is 7.75. The van der Waals surface area contributed by atoms with Gasteiger partial charge in [-0.15, -0.1) is 0 Å². The minimum Gasteiger partial charge on any atom is -0.381 e. The third-order valence-electron chi connectivity index (χ3n) is 6.46. The third kappa shape index (κ3) is 3.99. The van der Waals surface area contributed by atoms with Gasteiger partial charge in [0.2, 0.25) is 5.89 Å². The number of benzene rings is 1. The van der Waals surface area contributed by atoms with Crippen LogP contribution in [0.1, 0.15) is 60.1 Å². The van der Waals surface area contributed by atoms with Gasteiger partial charge in [0.05, 0.1) is 0 Å². The van der Waals surface area contributed by atoms with Crippen molar-refractivity contribution < 1.29 is 14.1 Å². The highest BCUT2D eigenvalue weighted by Crippen LogP contribution is 2.27. The zero-order valence-electron chi connectivity index (χ0n) is 17.2. The number of aryl methyl sites for hydroxylation is 1. The van der Waals surface area contributed by atoms with E-state index in [-0.39, 0.29) is 5.91 Å². The van der Waals surface area contributed by atoms with E-state index in [1.54, 1.807) is 0 Å². The number of fused-ring (bicyclic) bond motifs is 1. The number of hydrogen-bond acceptors (Lipinski definition) is 5. The average Bonchev–Trinajstić information content (AvgIpc) is 3.47. The Morgan fingerprint density at radius 2 is 2.10 bits per heavy atom. The van der Waals surface area contributed by atoms with Crippen molar-refractivity contribution in [3.05, 3.63) is 47.7 Å². The SMILES string of the molecule is O=C(c1cccc2[nH]ccc12)N1CCCC(CCc2noc(C3CCOCC3)n2)C1. The molecule has 0 aliphatic carbocycles. The standard InChI is InChI=1S/C23H28N4O3/c28-23(19-4-1-5-20-18(19)8-11-24-20)27-12-2-3-16(15-27)6-7-21-25-22(30-26-21)17-9-13-29-14-10-17/h1,4-5,8,11,16-17,24H,2-3,6-7,9-10,12-15H2. The van der Waals surface area contributed by atoms with Crippen LogP contribution in [-0.2, 0) is 11.2 Å². The van der Waals surface area contributed by atoms with Crippen molar-refractivity contribution in [1.29, 1.82) is 0 Å². The van der Waals surface area contributed by atoms with Gasteiger partial charge in [-0.3, -0.25) is 4.79 Å². The number of aromatic nitrogens is 3. The number of aromatic amines is 1. The number of piperidine rings is 1. The summed E-state index contributed by atoms with van der Waals surface area (Å²) in [6.45, 7) is 3.16. The molecule has 1 amide bonds. The van der Waals surface area contributed by atoms with Gasteiger partial charge < -0.3 is 19.1 Å². The number of hydrogen-bond donors (Lipinski definition) is 1. The molecule has 2 aliphatic heterocycles. The lowest BCUT2D eigenvalue weighted by atomic mass is 9.92. The summed E-state index contributed by atoms with van der Waals surface area (Å²) in [5.41, 5.74) is 1.79. The minimum atomic E-state index is 0.131. The van der Waals surface area contributed by atoms with Crippen molar-refractivity contribution >= 4 is 16.8 Å². The van der Waals surface area contributed by atoms with E-state index < -0.39 is 0 Å². The van der Waals surface area contributed by atoms with Crippen LogP contribution in [0.2, 0.25) is 0 Å². The van der Waals surface area contributed by atoms with Gasteiger partial charge in [0, 0.05) is 61.3 Å². The molecule has 2 aromatic heterocycles. The number of nitrogens with one attached hydrogen (secondary N) is 1. The van der Waals surface area contributed by atoms with E-state index >= 15 is 0 Å². The molecule has 7 heteroatoms. The lowest BCUT2D eigenvalue weighted by molar-refractivity contribution is 0.0670. The Hall–Kier alpha value is -2.67. The Balaban J connectivity index is 1.19. The maximum atomic E-state index is 13.2. The fraction of sp³-hybridized carbons (Fsp3) is 0.522. The Morgan fingerprint density at radius 1 is 1.20 bits per heavy atom. The highest BCUT2D eigenvalue weighted by Gasteiger charge is 2.26. The predicted octanol–water partition coefficient (Wildman–Crippen LogP) is 3.93. The minimum absolute atomic E-state index is 0.131. The van der Waals surface area contributed by atoms with Crippen LogP contribution in [0.25, 0.3) is 10.9 Å². The molecule has 0 spiro atoms. The molecule has 3 aromatic rings. The van der Waals surface area contributed by atoms with Gasteiger partial charge in [-0.05, 0) is 56.2 Å². The highest BCUT2D eigenvalue weighted by atomic mass is 16.5. The van der Waals surface area contributed by atoms with E-state index in [0.717, 1.165) is 93.0 Å². The first kappa shape index (κ1) is 19.3. The largest absolute Gasteiger partial charge is 0.381 e. The normalized spacial score (nSPS) is 20.7. The average molecular weight is 409 g/mol. The molecule has 158 valence electrons. The Morgan fingerprint density at radius 3 is 3.00 bits per heavy atom. The molecule has 2 aliphatic rings. The summed E-state index contributed by atoms with van der Waals surface area (Å²) in [5.74, 6) is 2.48. The maximum Gasteiger partial charge on any atom is 0.254 e. The van der Waals surface area contributed by atoms with Crippen LogP contribution in [-0.4, -0.2) is 52.2 Å². The van der Waals surface area contributed by atoms with Crippen LogP contribution < -0.4 is 0 Å². The summed E-state index contributed by atoms with van der Waals surface area (Å²) >= 11 is 0. The molecule has 1 unspecified atom stereocenters. The molecular weight excluding hydrogens is 380 g/mol. The first-order valence-corrected chi connectivity index (χ1v) is 11.0. The Bertz CT molecular complexity index is 1000. The molecule has 30 heavy (non-hydrogen) atoms. The van der Waals surface area contributed by atoms with E-state index in [9.17, 15) is 4.79 Å². The molecule has 2 saturated heterocycles. The summed E-state index contributed by atoms with van der Waals surface area (Å²) in [6, 6.07) is 7.86. The summed E-state index contributed by atoms with van der Waals surface area (Å²) in [4.78, 5) is 23.0. The highest BCUT2D eigenvalue weighted by molar-refractivity contribution is 6.06. The molecule has 0 radical (unpaired) electrons. The van der Waals surface area contributed by atoms with Gasteiger partial charge in [0.15, 0.2) is 5.82 Å². The first-order valence-electron chi connectivity index (χ1n) is 11.0. The number of amides is 1. The fourth-order valence-electron chi connectivity index (χ4n) is 4.74. The second-order valence-corrected chi connectivity index (χ2v) is 8.48. The van der Waals surface area contributed by atoms with Gasteiger partial charge in [-0.1, -0.05) is 11.2 Å². The fourth-order valence-corrected chi connectivity index (χ4v) is 4.74. The van der Waals surface area contributed by atoms with Crippen molar-refractivity contribution in [2.24, 2.45) is 5.92 Å². The van der Waals surface area contributed by atoms with Gasteiger partial charge in [-0.25, -0.2) is 0 Å².